The number of carbonyl (C=O) groups is 1. The van der Waals surface area contributed by atoms with E-state index in [2.05, 4.69) is 9.97 Å². The fraction of sp³-hybridized carbons (Fsp3) is 0.120. The number of pyridine rings is 1. The minimum Gasteiger partial charge on any atom is -0.741 e. The molecule has 0 amide bonds. The van der Waals surface area contributed by atoms with Crippen LogP contribution in [0.15, 0.2) is 91.3 Å². The lowest BCUT2D eigenvalue weighted by atomic mass is 10.0. The highest BCUT2D eigenvalue weighted by Gasteiger charge is 2.37. The zero-order valence-corrected chi connectivity index (χ0v) is 20.1. The van der Waals surface area contributed by atoms with Crippen molar-refractivity contribution < 1.29 is 40.2 Å². The van der Waals surface area contributed by atoms with Crippen LogP contribution >= 0.6 is 0 Å². The average molecular weight is 532 g/mol. The molecule has 0 saturated carbocycles. The van der Waals surface area contributed by atoms with Crippen molar-refractivity contribution in [2.75, 3.05) is 6.61 Å². The lowest BCUT2D eigenvalue weighted by Gasteiger charge is -2.14. The lowest BCUT2D eigenvalue weighted by molar-refractivity contribution is -0.595. The molecule has 12 heteroatoms. The van der Waals surface area contributed by atoms with Gasteiger partial charge in [-0.25, -0.2) is 13.2 Å². The number of hydrogen-bond acceptors (Lipinski definition) is 7. The molecular weight excluding hydrogens is 511 g/mol. The van der Waals surface area contributed by atoms with Crippen molar-refractivity contribution >= 4 is 16.1 Å². The predicted molar refractivity (Wildman–Crippen MR) is 126 cm³/mol. The molecule has 0 bridgehead atoms. The fourth-order valence-electron chi connectivity index (χ4n) is 3.19. The molecule has 0 fully saturated rings. The second-order valence-electron chi connectivity index (χ2n) is 7.25. The number of benzene rings is 2. The summed E-state index contributed by atoms with van der Waals surface area (Å²) in [7, 11) is -6.09. The minimum atomic E-state index is -6.09. The summed E-state index contributed by atoms with van der Waals surface area (Å²) in [6.45, 7) is 2.07. The molecule has 0 spiro atoms. The van der Waals surface area contributed by atoms with Crippen LogP contribution in [0.25, 0.3) is 28.3 Å². The van der Waals surface area contributed by atoms with Crippen molar-refractivity contribution in [1.82, 2.24) is 9.97 Å². The summed E-state index contributed by atoms with van der Waals surface area (Å²) in [5, 5.41) is 0. The topological polar surface area (TPSA) is 113 Å². The number of esters is 1. The van der Waals surface area contributed by atoms with Crippen molar-refractivity contribution in [3.8, 4) is 28.3 Å². The SMILES string of the molecule is CCOC(=O)c1cc(-c2ccccc2)cc(-c2ccccc2)[n+]1-c1ncccn1.O=S(=O)([O-])C(F)(F)F. The van der Waals surface area contributed by atoms with Crippen LogP contribution in [0.2, 0.25) is 0 Å². The first-order valence-corrected chi connectivity index (χ1v) is 12.1. The molecule has 0 N–H and O–H groups in total. The van der Waals surface area contributed by atoms with Gasteiger partial charge in [0.05, 0.1) is 6.61 Å². The Hall–Kier alpha value is -4.16. The fourth-order valence-corrected chi connectivity index (χ4v) is 3.19. The Labute approximate surface area is 210 Å². The second-order valence-corrected chi connectivity index (χ2v) is 8.62. The van der Waals surface area contributed by atoms with E-state index in [-0.39, 0.29) is 6.61 Å². The maximum atomic E-state index is 12.9. The zero-order chi connectivity index (χ0) is 27.1. The van der Waals surface area contributed by atoms with Crippen molar-refractivity contribution in [3.63, 3.8) is 0 Å². The number of hydrogen-bond donors (Lipinski definition) is 0. The molecular formula is C25H20F3N3O5S. The van der Waals surface area contributed by atoms with Crippen molar-refractivity contribution in [2.45, 2.75) is 12.4 Å². The van der Waals surface area contributed by atoms with Crippen LogP contribution in [0, 0.1) is 0 Å². The third kappa shape index (κ3) is 6.96. The van der Waals surface area contributed by atoms with E-state index >= 15 is 0 Å². The molecule has 0 radical (unpaired) electrons. The van der Waals surface area contributed by atoms with Crippen molar-refractivity contribution in [1.29, 1.82) is 0 Å². The summed E-state index contributed by atoms with van der Waals surface area (Å²) < 4.78 is 66.0. The quantitative estimate of drug-likeness (QED) is 0.163. The van der Waals surface area contributed by atoms with E-state index in [4.69, 9.17) is 17.7 Å². The van der Waals surface area contributed by atoms with Gasteiger partial charge in [-0.3, -0.25) is 0 Å². The molecule has 0 aliphatic heterocycles. The van der Waals surface area contributed by atoms with Gasteiger partial charge in [0.1, 0.15) is 18.1 Å². The summed E-state index contributed by atoms with van der Waals surface area (Å²) in [6.07, 6.45) is 3.31. The van der Waals surface area contributed by atoms with Gasteiger partial charge in [-0.05, 0) is 30.2 Å². The molecule has 0 aliphatic carbocycles. The van der Waals surface area contributed by atoms with Crippen LogP contribution in [0.5, 0.6) is 0 Å². The van der Waals surface area contributed by atoms with Crippen LogP contribution in [0.4, 0.5) is 13.2 Å². The zero-order valence-electron chi connectivity index (χ0n) is 19.3. The van der Waals surface area contributed by atoms with Crippen molar-refractivity contribution in [3.05, 3.63) is 97.0 Å². The molecule has 37 heavy (non-hydrogen) atoms. The van der Waals surface area contributed by atoms with E-state index in [1.807, 2.05) is 72.8 Å². The van der Waals surface area contributed by atoms with Crippen LogP contribution in [0.3, 0.4) is 0 Å². The number of alkyl halides is 3. The molecule has 192 valence electrons. The first-order chi connectivity index (χ1) is 17.5. The van der Waals surface area contributed by atoms with Gasteiger partial charge in [-0.2, -0.15) is 17.7 Å². The summed E-state index contributed by atoms with van der Waals surface area (Å²) in [4.78, 5) is 21.7. The monoisotopic (exact) mass is 531 g/mol. The summed E-state index contributed by atoms with van der Waals surface area (Å²) in [5.41, 5.74) is -1.59. The highest BCUT2D eigenvalue weighted by molar-refractivity contribution is 7.86. The van der Waals surface area contributed by atoms with Crippen LogP contribution in [0.1, 0.15) is 17.4 Å². The van der Waals surface area contributed by atoms with Gasteiger partial charge in [0.25, 0.3) is 0 Å². The van der Waals surface area contributed by atoms with E-state index in [1.54, 1.807) is 30.0 Å². The first-order valence-electron chi connectivity index (χ1n) is 10.7. The Morgan fingerprint density at radius 1 is 0.892 bits per heavy atom. The Balaban J connectivity index is 0.000000414. The Kier molecular flexibility index (Phi) is 8.69. The predicted octanol–water partition coefficient (Wildman–Crippen LogP) is 4.32. The third-order valence-corrected chi connectivity index (χ3v) is 5.33. The van der Waals surface area contributed by atoms with Gasteiger partial charge < -0.3 is 9.29 Å². The second kappa shape index (κ2) is 11.7. The van der Waals surface area contributed by atoms with Gasteiger partial charge >= 0.3 is 17.4 Å². The summed E-state index contributed by atoms with van der Waals surface area (Å²) in [6, 6.07) is 25.5. The smallest absolute Gasteiger partial charge is 0.485 e. The first kappa shape index (κ1) is 27.4. The average Bonchev–Trinajstić information content (AvgIpc) is 2.89. The van der Waals surface area contributed by atoms with Gasteiger partial charge in [-0.1, -0.05) is 70.6 Å². The molecule has 2 aromatic heterocycles. The molecule has 0 saturated heterocycles. The highest BCUT2D eigenvalue weighted by atomic mass is 32.2. The lowest BCUT2D eigenvalue weighted by Crippen LogP contribution is -2.42. The number of ether oxygens (including phenoxy) is 1. The van der Waals surface area contributed by atoms with Crippen LogP contribution < -0.4 is 4.57 Å². The van der Waals surface area contributed by atoms with E-state index in [0.717, 1.165) is 22.4 Å². The maximum Gasteiger partial charge on any atom is 0.485 e. The van der Waals surface area contributed by atoms with E-state index in [0.29, 0.717) is 11.6 Å². The van der Waals surface area contributed by atoms with Gasteiger partial charge in [-0.15, -0.1) is 0 Å². The van der Waals surface area contributed by atoms with Gasteiger partial charge in [0, 0.05) is 11.6 Å². The Bertz CT molecular complexity index is 1450. The molecule has 0 atom stereocenters. The van der Waals surface area contributed by atoms with Crippen LogP contribution in [-0.2, 0) is 14.9 Å². The molecule has 4 aromatic rings. The summed E-state index contributed by atoms with van der Waals surface area (Å²) >= 11 is 0. The molecule has 2 heterocycles. The van der Waals surface area contributed by atoms with E-state index in [1.165, 1.54) is 0 Å². The molecule has 0 aliphatic rings. The van der Waals surface area contributed by atoms with Gasteiger partial charge in [0.15, 0.2) is 15.8 Å². The molecule has 8 nitrogen and oxygen atoms in total. The number of halogens is 3. The number of nitrogens with zero attached hydrogens (tertiary/aromatic N) is 3. The summed E-state index contributed by atoms with van der Waals surface area (Å²) in [5.74, 6) is -0.0102. The number of aromatic nitrogens is 3. The highest BCUT2D eigenvalue weighted by Crippen LogP contribution is 2.26. The normalized spacial score (nSPS) is 11.3. The van der Waals surface area contributed by atoms with E-state index < -0.39 is 21.6 Å². The minimum absolute atomic E-state index is 0.282. The maximum absolute atomic E-state index is 12.9. The standard InChI is InChI=1S/C24H20N3O2.CHF3O3S/c1-2-29-23(28)22-17-20(18-10-5-3-6-11-18)16-21(19-12-7-4-8-13-19)27(22)24-25-14-9-15-26-24;2-1(3,4)8(5,6)7/h3-17H,2H2,1H3;(H,5,6,7)/q+1;/p-1. The van der Waals surface area contributed by atoms with E-state index in [9.17, 15) is 18.0 Å². The van der Waals surface area contributed by atoms with Crippen LogP contribution in [-0.4, -0.2) is 41.0 Å². The number of carbonyl (C=O) groups excluding carboxylic acids is 1. The Morgan fingerprint density at radius 2 is 1.41 bits per heavy atom. The Morgan fingerprint density at radius 3 is 1.89 bits per heavy atom. The molecule has 2 aromatic carbocycles. The third-order valence-electron chi connectivity index (χ3n) is 4.76. The van der Waals surface area contributed by atoms with Crippen molar-refractivity contribution in [2.24, 2.45) is 0 Å². The molecule has 0 unspecified atom stereocenters. The molecule has 4 rings (SSSR count). The number of rotatable bonds is 5. The van der Waals surface area contributed by atoms with Gasteiger partial charge in [0.2, 0.25) is 0 Å². The largest absolute Gasteiger partial charge is 0.741 e.